The van der Waals surface area contributed by atoms with E-state index < -0.39 is 17.3 Å². The standard InChI is InChI=1S/C29H30F3N3O2S/c1-17(28-13-18-9-19(14-28)11-20(10-18)15-28)33-25(36)16-38-27-34-24-8-3-2-7-23(24)26(37)35(27)22-6-4-5-21(12-22)29(30,31)32/h2-8,12,17-20H,9-11,13-16H2,1H3,(H,33,36). The Morgan fingerprint density at radius 3 is 2.39 bits per heavy atom. The van der Waals surface area contributed by atoms with Gasteiger partial charge in [0, 0.05) is 6.04 Å². The van der Waals surface area contributed by atoms with Crippen molar-refractivity contribution in [2.45, 2.75) is 62.8 Å². The van der Waals surface area contributed by atoms with E-state index in [4.69, 9.17) is 0 Å². The first-order valence-electron chi connectivity index (χ1n) is 13.2. The van der Waals surface area contributed by atoms with Crippen LogP contribution in [0.25, 0.3) is 16.6 Å². The van der Waals surface area contributed by atoms with Crippen LogP contribution in [0.3, 0.4) is 0 Å². The maximum Gasteiger partial charge on any atom is 0.416 e. The zero-order valence-corrected chi connectivity index (χ0v) is 21.9. The third-order valence-electron chi connectivity index (χ3n) is 8.89. The SMILES string of the molecule is CC(NC(=O)CSc1nc2ccccc2c(=O)n1-c1cccc(C(F)(F)F)c1)C12CC3CC(CC(C3)C1)C2. The molecule has 38 heavy (non-hydrogen) atoms. The number of thioether (sulfide) groups is 1. The van der Waals surface area contributed by atoms with Crippen molar-refractivity contribution in [2.24, 2.45) is 23.2 Å². The second-order valence-electron chi connectivity index (χ2n) is 11.5. The molecule has 5 nitrogen and oxygen atoms in total. The van der Waals surface area contributed by atoms with E-state index in [-0.39, 0.29) is 34.0 Å². The number of carbonyl (C=O) groups excluding carboxylic acids is 1. The summed E-state index contributed by atoms with van der Waals surface area (Å²) in [4.78, 5) is 31.1. The predicted octanol–water partition coefficient (Wildman–Crippen LogP) is 6.22. The van der Waals surface area contributed by atoms with E-state index in [2.05, 4.69) is 17.2 Å². The number of nitrogens with one attached hydrogen (secondary N) is 1. The fourth-order valence-corrected chi connectivity index (χ4v) is 8.36. The van der Waals surface area contributed by atoms with E-state index >= 15 is 0 Å². The van der Waals surface area contributed by atoms with E-state index in [0.29, 0.717) is 10.9 Å². The number of halogens is 3. The third kappa shape index (κ3) is 4.63. The Bertz CT molecular complexity index is 1420. The normalized spacial score (nSPS) is 27.0. The number of fused-ring (bicyclic) bond motifs is 1. The Balaban J connectivity index is 1.26. The molecule has 0 saturated heterocycles. The molecule has 4 aliphatic carbocycles. The van der Waals surface area contributed by atoms with Gasteiger partial charge in [-0.15, -0.1) is 0 Å². The summed E-state index contributed by atoms with van der Waals surface area (Å²) >= 11 is 1.07. The molecular formula is C29H30F3N3O2S. The lowest BCUT2D eigenvalue weighted by molar-refractivity contribution is -0.137. The average Bonchev–Trinajstić information content (AvgIpc) is 2.86. The molecule has 1 heterocycles. The number of rotatable bonds is 6. The maximum atomic E-state index is 13.4. The van der Waals surface area contributed by atoms with Gasteiger partial charge in [0.1, 0.15) is 0 Å². The van der Waals surface area contributed by atoms with E-state index in [1.807, 2.05) is 0 Å². The Hall–Kier alpha value is -2.81. The van der Waals surface area contributed by atoms with Gasteiger partial charge in [0.2, 0.25) is 5.91 Å². The van der Waals surface area contributed by atoms with Crippen molar-refractivity contribution in [2.75, 3.05) is 5.75 Å². The summed E-state index contributed by atoms with van der Waals surface area (Å²) in [7, 11) is 0. The minimum absolute atomic E-state index is 0.0143. The highest BCUT2D eigenvalue weighted by Crippen LogP contribution is 2.61. The van der Waals surface area contributed by atoms with Crippen LogP contribution in [0.1, 0.15) is 51.0 Å². The molecule has 1 N–H and O–H groups in total. The second kappa shape index (κ2) is 9.43. The Kier molecular flexibility index (Phi) is 6.32. The first-order chi connectivity index (χ1) is 18.1. The van der Waals surface area contributed by atoms with E-state index in [0.717, 1.165) is 41.6 Å². The summed E-state index contributed by atoms with van der Waals surface area (Å²) in [6.07, 6.45) is 2.96. The summed E-state index contributed by atoms with van der Waals surface area (Å²) in [5, 5.41) is 3.71. The van der Waals surface area contributed by atoms with Crippen molar-refractivity contribution in [1.29, 1.82) is 0 Å². The molecule has 0 spiro atoms. The number of hydrogen-bond donors (Lipinski definition) is 1. The monoisotopic (exact) mass is 541 g/mol. The summed E-state index contributed by atoms with van der Waals surface area (Å²) in [6.45, 7) is 2.11. The third-order valence-corrected chi connectivity index (χ3v) is 9.83. The van der Waals surface area contributed by atoms with E-state index in [1.54, 1.807) is 24.3 Å². The van der Waals surface area contributed by atoms with Crippen LogP contribution in [-0.2, 0) is 11.0 Å². The summed E-state index contributed by atoms with van der Waals surface area (Å²) < 4.78 is 41.4. The van der Waals surface area contributed by atoms with Gasteiger partial charge in [0.05, 0.1) is 27.9 Å². The minimum atomic E-state index is -4.55. The molecule has 4 aliphatic rings. The van der Waals surface area contributed by atoms with Gasteiger partial charge in [-0.05, 0) is 98.9 Å². The lowest BCUT2D eigenvalue weighted by Gasteiger charge is -2.59. The van der Waals surface area contributed by atoms with Gasteiger partial charge in [-0.1, -0.05) is 30.0 Å². The quantitative estimate of drug-likeness (QED) is 0.297. The minimum Gasteiger partial charge on any atom is -0.352 e. The van der Waals surface area contributed by atoms with Gasteiger partial charge in [-0.2, -0.15) is 13.2 Å². The predicted molar refractivity (Wildman–Crippen MR) is 141 cm³/mol. The number of nitrogens with zero attached hydrogens (tertiary/aromatic N) is 2. The first-order valence-corrected chi connectivity index (χ1v) is 14.2. The molecule has 4 fully saturated rings. The molecular weight excluding hydrogens is 511 g/mol. The highest BCUT2D eigenvalue weighted by Gasteiger charge is 2.53. The second-order valence-corrected chi connectivity index (χ2v) is 12.4. The fourth-order valence-electron chi connectivity index (χ4n) is 7.53. The van der Waals surface area contributed by atoms with Crippen molar-refractivity contribution in [3.8, 4) is 5.69 Å². The molecule has 4 saturated carbocycles. The van der Waals surface area contributed by atoms with Crippen LogP contribution in [0, 0.1) is 23.2 Å². The summed E-state index contributed by atoms with van der Waals surface area (Å²) in [5.74, 6) is 2.19. The van der Waals surface area contributed by atoms with Crippen molar-refractivity contribution in [1.82, 2.24) is 14.9 Å². The number of hydrogen-bond acceptors (Lipinski definition) is 4. The molecule has 9 heteroatoms. The maximum absolute atomic E-state index is 13.4. The zero-order valence-electron chi connectivity index (χ0n) is 21.1. The molecule has 1 atom stereocenters. The van der Waals surface area contributed by atoms with Crippen LogP contribution < -0.4 is 10.9 Å². The van der Waals surface area contributed by atoms with Crippen LogP contribution in [-0.4, -0.2) is 27.3 Å². The van der Waals surface area contributed by atoms with E-state index in [1.165, 1.54) is 55.2 Å². The van der Waals surface area contributed by atoms with Crippen LogP contribution in [0.15, 0.2) is 58.5 Å². The summed E-state index contributed by atoms with van der Waals surface area (Å²) in [5.41, 5.74) is -0.664. The van der Waals surface area contributed by atoms with Gasteiger partial charge in [-0.25, -0.2) is 4.98 Å². The van der Waals surface area contributed by atoms with Crippen molar-refractivity contribution < 1.29 is 18.0 Å². The Morgan fingerprint density at radius 1 is 1.08 bits per heavy atom. The highest BCUT2D eigenvalue weighted by molar-refractivity contribution is 7.99. The molecule has 200 valence electrons. The van der Waals surface area contributed by atoms with Gasteiger partial charge in [0.25, 0.3) is 5.56 Å². The lowest BCUT2D eigenvalue weighted by atomic mass is 9.48. The largest absolute Gasteiger partial charge is 0.416 e. The Morgan fingerprint density at radius 2 is 1.74 bits per heavy atom. The zero-order chi connectivity index (χ0) is 26.7. The number of aromatic nitrogens is 2. The number of benzene rings is 2. The van der Waals surface area contributed by atoms with Crippen molar-refractivity contribution >= 4 is 28.6 Å². The van der Waals surface area contributed by atoms with Gasteiger partial charge < -0.3 is 5.32 Å². The first kappa shape index (κ1) is 25.5. The van der Waals surface area contributed by atoms with Crippen LogP contribution >= 0.6 is 11.8 Å². The Labute approximate surface area is 223 Å². The lowest BCUT2D eigenvalue weighted by Crippen LogP contribution is -2.56. The smallest absolute Gasteiger partial charge is 0.352 e. The van der Waals surface area contributed by atoms with Crippen LogP contribution in [0.4, 0.5) is 13.2 Å². The molecule has 2 aromatic carbocycles. The van der Waals surface area contributed by atoms with Crippen molar-refractivity contribution in [3.05, 3.63) is 64.4 Å². The van der Waals surface area contributed by atoms with Crippen molar-refractivity contribution in [3.63, 3.8) is 0 Å². The molecule has 0 radical (unpaired) electrons. The molecule has 0 aliphatic heterocycles. The molecule has 3 aromatic rings. The number of para-hydroxylation sites is 1. The highest BCUT2D eigenvalue weighted by atomic mass is 32.2. The molecule has 1 unspecified atom stereocenters. The summed E-state index contributed by atoms with van der Waals surface area (Å²) in [6, 6.07) is 11.4. The molecule has 7 rings (SSSR count). The molecule has 1 amide bonds. The fraction of sp³-hybridized carbons (Fsp3) is 0.483. The van der Waals surface area contributed by atoms with Gasteiger partial charge in [-0.3, -0.25) is 14.2 Å². The van der Waals surface area contributed by atoms with Gasteiger partial charge >= 0.3 is 6.18 Å². The van der Waals surface area contributed by atoms with Crippen LogP contribution in [0.5, 0.6) is 0 Å². The molecule has 4 bridgehead atoms. The number of carbonyl (C=O) groups is 1. The average molecular weight is 542 g/mol. The van der Waals surface area contributed by atoms with Gasteiger partial charge in [0.15, 0.2) is 5.16 Å². The topological polar surface area (TPSA) is 64.0 Å². The van der Waals surface area contributed by atoms with Crippen LogP contribution in [0.2, 0.25) is 0 Å². The molecule has 1 aromatic heterocycles. The van der Waals surface area contributed by atoms with E-state index in [9.17, 15) is 22.8 Å². The number of alkyl halides is 3. The number of amides is 1.